The van der Waals surface area contributed by atoms with Crippen molar-refractivity contribution in [3.63, 3.8) is 0 Å². The summed E-state index contributed by atoms with van der Waals surface area (Å²) in [5.74, 6) is -0.910. The van der Waals surface area contributed by atoms with Crippen LogP contribution in [-0.4, -0.2) is 27.4 Å². The maximum atomic E-state index is 13.5. The van der Waals surface area contributed by atoms with Gasteiger partial charge in [0.2, 0.25) is 0 Å². The molecule has 0 bridgehead atoms. The molecule has 5 nitrogen and oxygen atoms in total. The summed E-state index contributed by atoms with van der Waals surface area (Å²) in [7, 11) is 0. The lowest BCUT2D eigenvalue weighted by Crippen LogP contribution is -2.23. The minimum Gasteiger partial charge on any atom is -0.465 e. The van der Waals surface area contributed by atoms with E-state index in [4.69, 9.17) is 16.3 Å². The van der Waals surface area contributed by atoms with Crippen LogP contribution in [0, 0.1) is 5.82 Å². The Morgan fingerprint density at radius 1 is 1.23 bits per heavy atom. The molecule has 0 amide bonds. The number of nitrogens with zero attached hydrogens (tertiary/aromatic N) is 2. The lowest BCUT2D eigenvalue weighted by Gasteiger charge is -2.15. The number of fused-ring (bicyclic) bond motifs is 1. The Morgan fingerprint density at radius 2 is 2.04 bits per heavy atom. The molecule has 0 unspecified atom stereocenters. The van der Waals surface area contributed by atoms with Gasteiger partial charge in [0.05, 0.1) is 28.2 Å². The fraction of sp³-hybridized carbons (Fsp3) is 0.167. The van der Waals surface area contributed by atoms with Crippen LogP contribution >= 0.6 is 23.4 Å². The Morgan fingerprint density at radius 3 is 2.77 bits per heavy atom. The van der Waals surface area contributed by atoms with Gasteiger partial charge in [0, 0.05) is 6.42 Å². The van der Waals surface area contributed by atoms with E-state index in [2.05, 4.69) is 4.98 Å². The maximum absolute atomic E-state index is 13.5. The minimum absolute atomic E-state index is 0.0983. The number of aromatic nitrogens is 2. The standard InChI is InChI=1S/C18H12ClFN2O3S/c19-12-9-10(5-6-13(12)20)22-16(23)11-3-1-2-4-14(11)21-18(22)26-15-7-8-25-17(15)24/h1-6,9,15H,7-8H2/t15-/m0/s1. The molecule has 0 N–H and O–H groups in total. The molecule has 132 valence electrons. The first-order valence-electron chi connectivity index (χ1n) is 7.85. The molecule has 0 radical (unpaired) electrons. The fourth-order valence-corrected chi connectivity index (χ4v) is 4.01. The van der Waals surface area contributed by atoms with Crippen LogP contribution in [0.4, 0.5) is 4.39 Å². The normalized spacial score (nSPS) is 16.8. The van der Waals surface area contributed by atoms with Crippen molar-refractivity contribution in [2.45, 2.75) is 16.8 Å². The van der Waals surface area contributed by atoms with Crippen molar-refractivity contribution in [1.82, 2.24) is 9.55 Å². The van der Waals surface area contributed by atoms with Crippen molar-refractivity contribution in [1.29, 1.82) is 0 Å². The Bertz CT molecular complexity index is 1090. The van der Waals surface area contributed by atoms with Crippen molar-refractivity contribution < 1.29 is 13.9 Å². The summed E-state index contributed by atoms with van der Waals surface area (Å²) >= 11 is 7.05. The summed E-state index contributed by atoms with van der Waals surface area (Å²) in [6, 6.07) is 10.9. The van der Waals surface area contributed by atoms with Gasteiger partial charge in [0.1, 0.15) is 11.1 Å². The van der Waals surface area contributed by atoms with Crippen LogP contribution < -0.4 is 5.56 Å². The molecule has 3 aromatic rings. The second-order valence-electron chi connectivity index (χ2n) is 5.71. The number of esters is 1. The predicted octanol–water partition coefficient (Wildman–Crippen LogP) is 3.59. The second-order valence-corrected chi connectivity index (χ2v) is 7.29. The van der Waals surface area contributed by atoms with Crippen LogP contribution in [-0.2, 0) is 9.53 Å². The number of hydrogen-bond donors (Lipinski definition) is 0. The average molecular weight is 391 g/mol. The zero-order valence-electron chi connectivity index (χ0n) is 13.3. The lowest BCUT2D eigenvalue weighted by atomic mass is 10.2. The summed E-state index contributed by atoms with van der Waals surface area (Å²) in [4.78, 5) is 29.4. The molecule has 8 heteroatoms. The first kappa shape index (κ1) is 17.1. The van der Waals surface area contributed by atoms with Crippen LogP contribution in [0.3, 0.4) is 0 Å². The SMILES string of the molecule is O=C1OCC[C@@H]1Sc1nc2ccccc2c(=O)n1-c1ccc(F)c(Cl)c1. The highest BCUT2D eigenvalue weighted by Gasteiger charge is 2.29. The van der Waals surface area contributed by atoms with Crippen molar-refractivity contribution >= 4 is 40.2 Å². The molecule has 1 aliphatic rings. The molecule has 0 saturated carbocycles. The number of cyclic esters (lactones) is 1. The third-order valence-electron chi connectivity index (χ3n) is 4.04. The third kappa shape index (κ3) is 2.97. The van der Waals surface area contributed by atoms with Gasteiger partial charge in [-0.2, -0.15) is 0 Å². The number of ether oxygens (including phenoxy) is 1. The molecule has 1 aromatic heterocycles. The summed E-state index contributed by atoms with van der Waals surface area (Å²) in [6.07, 6.45) is 0.538. The van der Waals surface area contributed by atoms with E-state index in [-0.39, 0.29) is 16.6 Å². The van der Waals surface area contributed by atoms with Gasteiger partial charge in [-0.1, -0.05) is 35.5 Å². The smallest absolute Gasteiger partial charge is 0.319 e. The van der Waals surface area contributed by atoms with Gasteiger partial charge in [0.25, 0.3) is 5.56 Å². The number of halogens is 2. The Kier molecular flexibility index (Phi) is 4.42. The van der Waals surface area contributed by atoms with E-state index in [1.54, 1.807) is 24.3 Å². The molecule has 1 fully saturated rings. The number of hydrogen-bond acceptors (Lipinski definition) is 5. The monoisotopic (exact) mass is 390 g/mol. The number of carbonyl (C=O) groups is 1. The summed E-state index contributed by atoms with van der Waals surface area (Å²) in [6.45, 7) is 0.344. The number of thioether (sulfide) groups is 1. The van der Waals surface area contributed by atoms with Gasteiger partial charge in [0.15, 0.2) is 5.16 Å². The van der Waals surface area contributed by atoms with Crippen LogP contribution in [0.25, 0.3) is 16.6 Å². The number of benzene rings is 2. The van der Waals surface area contributed by atoms with Crippen LogP contribution in [0.5, 0.6) is 0 Å². The molecular formula is C18H12ClFN2O3S. The average Bonchev–Trinajstić information content (AvgIpc) is 3.03. The molecule has 1 aliphatic heterocycles. The molecule has 2 heterocycles. The maximum Gasteiger partial charge on any atom is 0.319 e. The van der Waals surface area contributed by atoms with E-state index in [1.165, 1.54) is 22.8 Å². The van der Waals surface area contributed by atoms with E-state index in [0.717, 1.165) is 11.8 Å². The summed E-state index contributed by atoms with van der Waals surface area (Å²) < 4.78 is 19.9. The predicted molar refractivity (Wildman–Crippen MR) is 97.5 cm³/mol. The van der Waals surface area contributed by atoms with Gasteiger partial charge in [-0.25, -0.2) is 9.37 Å². The third-order valence-corrected chi connectivity index (χ3v) is 5.53. The van der Waals surface area contributed by atoms with E-state index >= 15 is 0 Å². The summed E-state index contributed by atoms with van der Waals surface area (Å²) in [5, 5.41) is 0.218. The Labute approximate surface area is 156 Å². The van der Waals surface area contributed by atoms with Crippen LogP contribution in [0.2, 0.25) is 5.02 Å². The minimum atomic E-state index is -0.578. The van der Waals surface area contributed by atoms with E-state index in [9.17, 15) is 14.0 Å². The Hall–Kier alpha value is -2.38. The van der Waals surface area contributed by atoms with Crippen LogP contribution in [0.15, 0.2) is 52.4 Å². The van der Waals surface area contributed by atoms with E-state index in [1.807, 2.05) is 0 Å². The highest BCUT2D eigenvalue weighted by Crippen LogP contribution is 2.30. The lowest BCUT2D eigenvalue weighted by molar-refractivity contribution is -0.137. The first-order valence-corrected chi connectivity index (χ1v) is 9.11. The molecule has 4 rings (SSSR count). The van der Waals surface area contributed by atoms with Gasteiger partial charge < -0.3 is 4.74 Å². The largest absolute Gasteiger partial charge is 0.465 e. The summed E-state index contributed by atoms with van der Waals surface area (Å²) in [5.41, 5.74) is 0.594. The molecule has 0 aliphatic carbocycles. The molecule has 1 atom stereocenters. The van der Waals surface area contributed by atoms with E-state index in [0.29, 0.717) is 34.8 Å². The number of carbonyl (C=O) groups excluding carboxylic acids is 1. The Balaban J connectivity index is 1.94. The topological polar surface area (TPSA) is 61.2 Å². The number of rotatable bonds is 3. The second kappa shape index (κ2) is 6.74. The highest BCUT2D eigenvalue weighted by atomic mass is 35.5. The van der Waals surface area contributed by atoms with Crippen molar-refractivity contribution in [3.05, 3.63) is 63.7 Å². The van der Waals surface area contributed by atoms with Crippen molar-refractivity contribution in [3.8, 4) is 5.69 Å². The van der Waals surface area contributed by atoms with Crippen LogP contribution in [0.1, 0.15) is 6.42 Å². The molecular weight excluding hydrogens is 379 g/mol. The van der Waals surface area contributed by atoms with E-state index < -0.39 is 11.1 Å². The number of para-hydroxylation sites is 1. The fourth-order valence-electron chi connectivity index (χ4n) is 2.75. The molecule has 1 saturated heterocycles. The molecule has 0 spiro atoms. The first-order chi connectivity index (χ1) is 12.5. The zero-order valence-corrected chi connectivity index (χ0v) is 14.9. The quantitative estimate of drug-likeness (QED) is 0.505. The van der Waals surface area contributed by atoms with Gasteiger partial charge in [-0.15, -0.1) is 0 Å². The van der Waals surface area contributed by atoms with Crippen molar-refractivity contribution in [2.75, 3.05) is 6.61 Å². The van der Waals surface area contributed by atoms with Crippen molar-refractivity contribution in [2.24, 2.45) is 0 Å². The zero-order chi connectivity index (χ0) is 18.3. The van der Waals surface area contributed by atoms with Gasteiger partial charge in [-0.05, 0) is 30.3 Å². The molecule has 26 heavy (non-hydrogen) atoms. The highest BCUT2D eigenvalue weighted by molar-refractivity contribution is 8.00. The van der Waals surface area contributed by atoms with Gasteiger partial charge in [-0.3, -0.25) is 14.2 Å². The molecule has 2 aromatic carbocycles. The van der Waals surface area contributed by atoms with Gasteiger partial charge >= 0.3 is 5.97 Å².